The first kappa shape index (κ1) is 11.0. The quantitative estimate of drug-likeness (QED) is 0.755. The van der Waals surface area contributed by atoms with Crippen LogP contribution in [0.2, 0.25) is 0 Å². The largest absolute Gasteiger partial charge is 0.372 e. The summed E-state index contributed by atoms with van der Waals surface area (Å²) in [5.41, 5.74) is 2.38. The van der Waals surface area contributed by atoms with Gasteiger partial charge in [-0.05, 0) is 25.5 Å². The summed E-state index contributed by atoms with van der Waals surface area (Å²) < 4.78 is 0. The highest BCUT2D eigenvalue weighted by molar-refractivity contribution is 5.39. The van der Waals surface area contributed by atoms with E-state index >= 15 is 0 Å². The maximum Gasteiger partial charge on any atom is 0.128 e. The van der Waals surface area contributed by atoms with Crippen molar-refractivity contribution in [1.29, 1.82) is 0 Å². The number of nitrogens with zero attached hydrogens (tertiary/aromatic N) is 3. The summed E-state index contributed by atoms with van der Waals surface area (Å²) >= 11 is 0. The molecule has 2 heterocycles. The lowest BCUT2D eigenvalue weighted by Gasteiger charge is -2.36. The summed E-state index contributed by atoms with van der Waals surface area (Å²) in [5, 5.41) is 0. The molecular formula is C13H19N3. The van der Waals surface area contributed by atoms with Gasteiger partial charge in [-0.3, -0.25) is 0 Å². The smallest absolute Gasteiger partial charge is 0.128 e. The molecule has 0 N–H and O–H groups in total. The standard InChI is InChI=1S/C13H19N3/c1-11(2)15-6-8-16(9-7-15)13-5-4-12(3)10-14-13/h4-5,10H,1,6-9H2,2-3H3. The van der Waals surface area contributed by atoms with Crippen molar-refractivity contribution >= 4 is 5.82 Å². The minimum absolute atomic E-state index is 1.03. The van der Waals surface area contributed by atoms with Crippen molar-refractivity contribution in [3.8, 4) is 0 Å². The number of anilines is 1. The van der Waals surface area contributed by atoms with Gasteiger partial charge in [-0.25, -0.2) is 4.98 Å². The van der Waals surface area contributed by atoms with Gasteiger partial charge in [-0.1, -0.05) is 12.6 Å². The number of piperazine rings is 1. The summed E-state index contributed by atoms with van der Waals surface area (Å²) in [5.74, 6) is 1.09. The Kier molecular flexibility index (Phi) is 3.13. The molecule has 1 fully saturated rings. The van der Waals surface area contributed by atoms with E-state index in [1.807, 2.05) is 6.20 Å². The van der Waals surface area contributed by atoms with E-state index in [0.29, 0.717) is 0 Å². The molecule has 16 heavy (non-hydrogen) atoms. The second-order valence-corrected chi connectivity index (χ2v) is 4.40. The Hall–Kier alpha value is -1.51. The van der Waals surface area contributed by atoms with Crippen LogP contribution in [0.4, 0.5) is 5.82 Å². The van der Waals surface area contributed by atoms with Crippen molar-refractivity contribution in [3.05, 3.63) is 36.2 Å². The third kappa shape index (κ3) is 2.35. The summed E-state index contributed by atoms with van der Waals surface area (Å²) in [6.07, 6.45) is 1.93. The highest BCUT2D eigenvalue weighted by Crippen LogP contribution is 2.15. The van der Waals surface area contributed by atoms with Crippen molar-refractivity contribution in [3.63, 3.8) is 0 Å². The minimum Gasteiger partial charge on any atom is -0.372 e. The van der Waals surface area contributed by atoms with Gasteiger partial charge in [0.05, 0.1) is 0 Å². The molecule has 0 atom stereocenters. The van der Waals surface area contributed by atoms with Crippen LogP contribution in [0.5, 0.6) is 0 Å². The third-order valence-electron chi connectivity index (χ3n) is 3.04. The molecule has 1 saturated heterocycles. The normalized spacial score (nSPS) is 16.4. The molecule has 0 saturated carbocycles. The van der Waals surface area contributed by atoms with E-state index in [0.717, 1.165) is 37.7 Å². The molecule has 0 bridgehead atoms. The maximum absolute atomic E-state index is 4.46. The lowest BCUT2D eigenvalue weighted by Crippen LogP contribution is -2.45. The molecule has 1 aliphatic rings. The molecule has 3 heteroatoms. The van der Waals surface area contributed by atoms with E-state index in [4.69, 9.17) is 0 Å². The first-order valence-electron chi connectivity index (χ1n) is 5.75. The molecule has 1 aromatic rings. The minimum atomic E-state index is 1.03. The van der Waals surface area contributed by atoms with Crippen LogP contribution < -0.4 is 4.90 Å². The Balaban J connectivity index is 1.99. The Morgan fingerprint density at radius 3 is 2.44 bits per heavy atom. The molecule has 2 rings (SSSR count). The zero-order chi connectivity index (χ0) is 11.5. The summed E-state index contributed by atoms with van der Waals surface area (Å²) in [4.78, 5) is 9.11. The van der Waals surface area contributed by atoms with Gasteiger partial charge in [0.1, 0.15) is 5.82 Å². The fraction of sp³-hybridized carbons (Fsp3) is 0.462. The van der Waals surface area contributed by atoms with Crippen molar-refractivity contribution in [2.24, 2.45) is 0 Å². The molecule has 1 aliphatic heterocycles. The first-order chi connectivity index (χ1) is 7.66. The van der Waals surface area contributed by atoms with Crippen LogP contribution in [-0.4, -0.2) is 36.1 Å². The fourth-order valence-corrected chi connectivity index (χ4v) is 1.96. The van der Waals surface area contributed by atoms with Gasteiger partial charge >= 0.3 is 0 Å². The molecule has 0 aromatic carbocycles. The number of rotatable bonds is 2. The molecule has 0 unspecified atom stereocenters. The summed E-state index contributed by atoms with van der Waals surface area (Å²) in [7, 11) is 0. The van der Waals surface area contributed by atoms with Crippen LogP contribution in [0.3, 0.4) is 0 Å². The van der Waals surface area contributed by atoms with E-state index in [9.17, 15) is 0 Å². The third-order valence-corrected chi connectivity index (χ3v) is 3.04. The van der Waals surface area contributed by atoms with Gasteiger partial charge in [0, 0.05) is 38.1 Å². The van der Waals surface area contributed by atoms with Crippen molar-refractivity contribution in [2.45, 2.75) is 13.8 Å². The number of pyridine rings is 1. The van der Waals surface area contributed by atoms with Crippen LogP contribution in [0.25, 0.3) is 0 Å². The number of aromatic nitrogens is 1. The molecule has 0 amide bonds. The first-order valence-corrected chi connectivity index (χ1v) is 5.75. The van der Waals surface area contributed by atoms with Crippen LogP contribution in [0.15, 0.2) is 30.6 Å². The lowest BCUT2D eigenvalue weighted by atomic mass is 10.2. The average molecular weight is 217 g/mol. The Morgan fingerprint density at radius 2 is 1.94 bits per heavy atom. The molecule has 3 nitrogen and oxygen atoms in total. The second-order valence-electron chi connectivity index (χ2n) is 4.40. The number of hydrogen-bond acceptors (Lipinski definition) is 3. The molecule has 0 aliphatic carbocycles. The van der Waals surface area contributed by atoms with Gasteiger partial charge in [-0.2, -0.15) is 0 Å². The number of aryl methyl sites for hydroxylation is 1. The topological polar surface area (TPSA) is 19.4 Å². The zero-order valence-corrected chi connectivity index (χ0v) is 10.1. The SMILES string of the molecule is C=C(C)N1CCN(c2ccc(C)cn2)CC1. The lowest BCUT2D eigenvalue weighted by molar-refractivity contribution is 0.322. The zero-order valence-electron chi connectivity index (χ0n) is 10.1. The highest BCUT2D eigenvalue weighted by Gasteiger charge is 2.16. The molecule has 0 spiro atoms. The van der Waals surface area contributed by atoms with E-state index in [1.165, 1.54) is 5.56 Å². The van der Waals surface area contributed by atoms with Crippen LogP contribution >= 0.6 is 0 Å². The predicted octanol–water partition coefficient (Wildman–Crippen LogP) is 2.05. The van der Waals surface area contributed by atoms with Gasteiger partial charge in [0.2, 0.25) is 0 Å². The van der Waals surface area contributed by atoms with E-state index < -0.39 is 0 Å². The van der Waals surface area contributed by atoms with Crippen LogP contribution in [0, 0.1) is 6.92 Å². The number of allylic oxidation sites excluding steroid dienone is 1. The molecule has 86 valence electrons. The average Bonchev–Trinajstić information content (AvgIpc) is 2.30. The summed E-state index contributed by atoms with van der Waals surface area (Å²) in [6, 6.07) is 4.22. The van der Waals surface area contributed by atoms with Crippen molar-refractivity contribution in [1.82, 2.24) is 9.88 Å². The van der Waals surface area contributed by atoms with Gasteiger partial charge < -0.3 is 9.80 Å². The second kappa shape index (κ2) is 4.56. The van der Waals surface area contributed by atoms with Gasteiger partial charge in [-0.15, -0.1) is 0 Å². The maximum atomic E-state index is 4.46. The molecule has 1 aromatic heterocycles. The van der Waals surface area contributed by atoms with E-state index in [2.05, 4.69) is 47.3 Å². The fourth-order valence-electron chi connectivity index (χ4n) is 1.96. The predicted molar refractivity (Wildman–Crippen MR) is 67.6 cm³/mol. The molecular weight excluding hydrogens is 198 g/mol. The van der Waals surface area contributed by atoms with Crippen LogP contribution in [0.1, 0.15) is 12.5 Å². The molecule has 0 radical (unpaired) electrons. The Morgan fingerprint density at radius 1 is 1.25 bits per heavy atom. The Bertz CT molecular complexity index is 361. The van der Waals surface area contributed by atoms with Gasteiger partial charge in [0.15, 0.2) is 0 Å². The van der Waals surface area contributed by atoms with E-state index in [-0.39, 0.29) is 0 Å². The van der Waals surface area contributed by atoms with Crippen molar-refractivity contribution < 1.29 is 0 Å². The monoisotopic (exact) mass is 217 g/mol. The van der Waals surface area contributed by atoms with Crippen LogP contribution in [-0.2, 0) is 0 Å². The summed E-state index contributed by atoms with van der Waals surface area (Å²) in [6.45, 7) is 12.3. The number of hydrogen-bond donors (Lipinski definition) is 0. The van der Waals surface area contributed by atoms with E-state index in [1.54, 1.807) is 0 Å². The Labute approximate surface area is 97.4 Å². The highest BCUT2D eigenvalue weighted by atomic mass is 15.3. The van der Waals surface area contributed by atoms with Gasteiger partial charge in [0.25, 0.3) is 0 Å². The van der Waals surface area contributed by atoms with Crippen molar-refractivity contribution in [2.75, 3.05) is 31.1 Å².